The van der Waals surface area contributed by atoms with Gasteiger partial charge in [0.1, 0.15) is 24.4 Å². The molecule has 3 aromatic rings. The molecule has 0 spiro atoms. The molecule has 0 N–H and O–H groups in total. The number of ether oxygens (including phenoxy) is 2. The summed E-state index contributed by atoms with van der Waals surface area (Å²) in [7, 11) is 0. The van der Waals surface area contributed by atoms with E-state index in [-0.39, 0.29) is 11.3 Å². The van der Waals surface area contributed by atoms with Gasteiger partial charge in [-0.2, -0.15) is 26.3 Å². The van der Waals surface area contributed by atoms with Crippen LogP contribution in [0.5, 0.6) is 0 Å². The van der Waals surface area contributed by atoms with Crippen molar-refractivity contribution >= 4 is 29.5 Å². The smallest absolute Gasteiger partial charge is 0.417 e. The number of carbonyl (C=O) groups excluding carboxylic acids is 3. The topological polar surface area (TPSA) is 69.7 Å². The minimum atomic E-state index is -4.90. The van der Waals surface area contributed by atoms with Gasteiger partial charge in [0.2, 0.25) is 0 Å². The number of hydrogen-bond donors (Lipinski definition) is 0. The van der Waals surface area contributed by atoms with Crippen LogP contribution in [0.1, 0.15) is 42.2 Å². The summed E-state index contributed by atoms with van der Waals surface area (Å²) in [5.41, 5.74) is -6.39. The second kappa shape index (κ2) is 11.0. The van der Waals surface area contributed by atoms with Crippen molar-refractivity contribution in [2.45, 2.75) is 17.2 Å². The third kappa shape index (κ3) is 5.98. The highest BCUT2D eigenvalue weighted by Gasteiger charge is 2.47. The van der Waals surface area contributed by atoms with Gasteiger partial charge in [0, 0.05) is 16.2 Å². The maximum Gasteiger partial charge on any atom is 0.417 e. The lowest BCUT2D eigenvalue weighted by Gasteiger charge is -2.35. The number of halogens is 7. The zero-order valence-electron chi connectivity index (χ0n) is 20.1. The van der Waals surface area contributed by atoms with Crippen molar-refractivity contribution in [3.63, 3.8) is 0 Å². The number of hydrogen-bond acceptors (Lipinski definition) is 6. The third-order valence-electron chi connectivity index (χ3n) is 6.04. The Labute approximate surface area is 226 Å². The number of carbonyl (C=O) groups is 3. The van der Waals surface area contributed by atoms with Crippen LogP contribution in [0.2, 0.25) is 0 Å². The molecule has 0 saturated carbocycles. The number of alkyl halides is 6. The van der Waals surface area contributed by atoms with Crippen molar-refractivity contribution in [3.05, 3.63) is 100 Å². The molecule has 0 bridgehead atoms. The predicted octanol–water partition coefficient (Wildman–Crippen LogP) is 6.85. The molecule has 0 unspecified atom stereocenters. The van der Waals surface area contributed by atoms with E-state index in [1.807, 2.05) is 0 Å². The van der Waals surface area contributed by atoms with Crippen LogP contribution in [-0.2, 0) is 21.8 Å². The molecule has 0 radical (unpaired) electrons. The molecule has 5 nitrogen and oxygen atoms in total. The van der Waals surface area contributed by atoms with Gasteiger partial charge < -0.3 is 9.47 Å². The van der Waals surface area contributed by atoms with Crippen molar-refractivity contribution in [1.82, 2.24) is 0 Å². The predicted molar refractivity (Wildman–Crippen MR) is 127 cm³/mol. The average Bonchev–Trinajstić information content (AvgIpc) is 2.91. The van der Waals surface area contributed by atoms with E-state index in [2.05, 4.69) is 0 Å². The minimum absolute atomic E-state index is 0.172. The van der Waals surface area contributed by atoms with Crippen molar-refractivity contribution in [2.75, 3.05) is 19.0 Å². The lowest BCUT2D eigenvalue weighted by Crippen LogP contribution is -2.46. The lowest BCUT2D eigenvalue weighted by molar-refractivity contribution is -0.138. The zero-order chi connectivity index (χ0) is 29.3. The van der Waals surface area contributed by atoms with Gasteiger partial charge in [0.25, 0.3) is 0 Å². The largest absolute Gasteiger partial charge is 0.461 e. The summed E-state index contributed by atoms with van der Waals surface area (Å²) in [6.07, 6.45) is -9.80. The summed E-state index contributed by atoms with van der Waals surface area (Å²) in [5.74, 6) is -4.79. The number of ketones is 1. The Morgan fingerprint density at radius 2 is 1.25 bits per heavy atom. The van der Waals surface area contributed by atoms with Crippen molar-refractivity contribution < 1.29 is 54.6 Å². The fourth-order valence-electron chi connectivity index (χ4n) is 4.01. The van der Waals surface area contributed by atoms with Crippen LogP contribution in [0.15, 0.2) is 71.6 Å². The second-order valence-electron chi connectivity index (χ2n) is 8.78. The number of Topliss-reactive ketones (excluding diaryl/α,β-unsaturated/α-hetero) is 1. The summed E-state index contributed by atoms with van der Waals surface area (Å²) in [6.45, 7) is -1.82. The molecule has 1 aliphatic heterocycles. The Bertz CT molecular complexity index is 1390. The van der Waals surface area contributed by atoms with Gasteiger partial charge in [-0.05, 0) is 42.5 Å². The molecule has 0 atom stereocenters. The zero-order valence-corrected chi connectivity index (χ0v) is 20.9. The van der Waals surface area contributed by atoms with Crippen molar-refractivity contribution in [2.24, 2.45) is 5.41 Å². The first-order valence-corrected chi connectivity index (χ1v) is 12.4. The maximum atomic E-state index is 14.0. The molecule has 40 heavy (non-hydrogen) atoms. The average molecular weight is 586 g/mol. The quantitative estimate of drug-likeness (QED) is 0.233. The first-order valence-electron chi connectivity index (χ1n) is 11.4. The van der Waals surface area contributed by atoms with Crippen LogP contribution >= 0.6 is 11.8 Å². The molecule has 3 aromatic carbocycles. The van der Waals surface area contributed by atoms with Crippen LogP contribution in [0.25, 0.3) is 0 Å². The van der Waals surface area contributed by atoms with Gasteiger partial charge in [0.05, 0.1) is 22.3 Å². The number of esters is 2. The summed E-state index contributed by atoms with van der Waals surface area (Å²) in [5, 5.41) is 0. The van der Waals surface area contributed by atoms with Crippen LogP contribution in [0, 0.1) is 11.2 Å². The van der Waals surface area contributed by atoms with Crippen LogP contribution < -0.4 is 0 Å². The molecule has 0 fully saturated rings. The monoisotopic (exact) mass is 586 g/mol. The van der Waals surface area contributed by atoms with Gasteiger partial charge in [0.15, 0.2) is 5.78 Å². The molecular weight excluding hydrogens is 569 g/mol. The van der Waals surface area contributed by atoms with Crippen LogP contribution in [0.3, 0.4) is 0 Å². The fraction of sp³-hybridized carbons (Fsp3) is 0.222. The molecule has 0 saturated heterocycles. The normalized spacial score (nSPS) is 14.8. The SMILES string of the molecule is O=C(OCC1(COC(=O)c2ccccc2C(F)(F)F)CSc2ccc(F)cc2C1=O)c1ccccc1C(F)(F)F. The Morgan fingerprint density at radius 1 is 0.775 bits per heavy atom. The van der Waals surface area contributed by atoms with E-state index in [4.69, 9.17) is 9.47 Å². The number of fused-ring (bicyclic) bond motifs is 1. The van der Waals surface area contributed by atoms with E-state index < -0.39 is 76.8 Å². The fourth-order valence-corrected chi connectivity index (χ4v) is 5.21. The highest BCUT2D eigenvalue weighted by atomic mass is 32.2. The van der Waals surface area contributed by atoms with E-state index in [1.165, 1.54) is 18.2 Å². The Kier molecular flexibility index (Phi) is 7.97. The Hall–Kier alpha value is -3.87. The van der Waals surface area contributed by atoms with Gasteiger partial charge in [-0.25, -0.2) is 14.0 Å². The molecule has 4 rings (SSSR count). The highest BCUT2D eigenvalue weighted by Crippen LogP contribution is 2.42. The van der Waals surface area contributed by atoms with Gasteiger partial charge in [-0.1, -0.05) is 24.3 Å². The number of thioether (sulfide) groups is 1. The third-order valence-corrected chi connectivity index (χ3v) is 7.40. The summed E-state index contributed by atoms with van der Waals surface area (Å²) >= 11 is 0.988. The molecule has 13 heteroatoms. The molecule has 1 aliphatic rings. The van der Waals surface area contributed by atoms with Gasteiger partial charge >= 0.3 is 24.3 Å². The van der Waals surface area contributed by atoms with Gasteiger partial charge in [-0.3, -0.25) is 4.79 Å². The van der Waals surface area contributed by atoms with E-state index >= 15 is 0 Å². The summed E-state index contributed by atoms with van der Waals surface area (Å²) in [4.78, 5) is 39.2. The Morgan fingerprint density at radius 3 is 1.73 bits per heavy atom. The van der Waals surface area contributed by atoms with Crippen LogP contribution in [0.4, 0.5) is 30.7 Å². The lowest BCUT2D eigenvalue weighted by atomic mass is 9.82. The molecular formula is C27H17F7O5S. The first kappa shape index (κ1) is 29.1. The van der Waals surface area contributed by atoms with Gasteiger partial charge in [-0.15, -0.1) is 11.8 Å². The summed E-state index contributed by atoms with van der Waals surface area (Å²) < 4.78 is 105. The van der Waals surface area contributed by atoms with E-state index in [9.17, 15) is 45.1 Å². The minimum Gasteiger partial charge on any atom is -0.461 e. The molecule has 1 heterocycles. The van der Waals surface area contributed by atoms with E-state index in [0.717, 1.165) is 48.2 Å². The van der Waals surface area contributed by atoms with E-state index in [1.54, 1.807) is 0 Å². The molecule has 0 amide bonds. The molecule has 0 aromatic heterocycles. The van der Waals surface area contributed by atoms with Crippen molar-refractivity contribution in [3.8, 4) is 0 Å². The standard InChI is InChI=1S/C27H17F7O5S/c28-15-9-10-21-18(11-15)22(35)25(14-40-21,12-38-23(36)16-5-1-3-7-19(16)26(29,30)31)13-39-24(37)17-6-2-4-8-20(17)27(32,33)34/h1-11H,12-14H2. The molecule has 210 valence electrons. The maximum absolute atomic E-state index is 14.0. The van der Waals surface area contributed by atoms with Crippen molar-refractivity contribution in [1.29, 1.82) is 0 Å². The summed E-state index contributed by atoms with van der Waals surface area (Å²) in [6, 6.07) is 10.8. The first-order chi connectivity index (χ1) is 18.7. The molecule has 0 aliphatic carbocycles. The number of rotatable bonds is 6. The highest BCUT2D eigenvalue weighted by molar-refractivity contribution is 7.99. The van der Waals surface area contributed by atoms with Crippen LogP contribution in [-0.4, -0.2) is 36.7 Å². The van der Waals surface area contributed by atoms with E-state index in [0.29, 0.717) is 17.0 Å². The second-order valence-corrected chi connectivity index (χ2v) is 9.79. The Balaban J connectivity index is 1.64. The number of benzene rings is 3.